The molecule has 3 unspecified atom stereocenters. The van der Waals surface area contributed by atoms with Gasteiger partial charge in [-0.15, -0.1) is 0 Å². The quantitative estimate of drug-likeness (QED) is 0.552. The van der Waals surface area contributed by atoms with Crippen LogP contribution in [0.1, 0.15) is 59.8 Å². The van der Waals surface area contributed by atoms with Gasteiger partial charge in [-0.25, -0.2) is 4.79 Å². The van der Waals surface area contributed by atoms with Crippen molar-refractivity contribution in [1.82, 2.24) is 0 Å². The molecule has 21 heavy (non-hydrogen) atoms. The van der Waals surface area contributed by atoms with Crippen molar-refractivity contribution in [3.05, 3.63) is 0 Å². The minimum atomic E-state index is -0.400. The van der Waals surface area contributed by atoms with Gasteiger partial charge in [0.2, 0.25) is 0 Å². The lowest BCUT2D eigenvalue weighted by atomic mass is 9.71. The second-order valence-electron chi connectivity index (χ2n) is 7.13. The van der Waals surface area contributed by atoms with Gasteiger partial charge < -0.3 is 14.6 Å². The number of ether oxygens (including phenoxy) is 2. The SMILES string of the molecule is CC(C)CC(C)(OC(=O)COCCO)C1CCCC(C)C1. The molecule has 4 nitrogen and oxygen atoms in total. The van der Waals surface area contributed by atoms with Gasteiger partial charge >= 0.3 is 5.97 Å². The van der Waals surface area contributed by atoms with Gasteiger partial charge in [0, 0.05) is 0 Å². The minimum absolute atomic E-state index is 0.0727. The van der Waals surface area contributed by atoms with Gasteiger partial charge in [-0.1, -0.05) is 33.6 Å². The molecule has 1 fully saturated rings. The average molecular weight is 300 g/mol. The van der Waals surface area contributed by atoms with Crippen molar-refractivity contribution in [2.75, 3.05) is 19.8 Å². The zero-order valence-electron chi connectivity index (χ0n) is 14.1. The van der Waals surface area contributed by atoms with E-state index >= 15 is 0 Å². The number of rotatable bonds is 8. The maximum absolute atomic E-state index is 12.0. The van der Waals surface area contributed by atoms with E-state index in [1.165, 1.54) is 12.8 Å². The molecule has 0 amide bonds. The number of esters is 1. The van der Waals surface area contributed by atoms with Crippen LogP contribution >= 0.6 is 0 Å². The molecule has 3 atom stereocenters. The van der Waals surface area contributed by atoms with Crippen molar-refractivity contribution >= 4 is 5.97 Å². The van der Waals surface area contributed by atoms with Crippen LogP contribution < -0.4 is 0 Å². The van der Waals surface area contributed by atoms with E-state index in [1.807, 2.05) is 0 Å². The summed E-state index contributed by atoms with van der Waals surface area (Å²) in [6, 6.07) is 0. The predicted octanol–water partition coefficient (Wildman–Crippen LogP) is 3.17. The summed E-state index contributed by atoms with van der Waals surface area (Å²) in [5, 5.41) is 8.69. The molecule has 124 valence electrons. The summed E-state index contributed by atoms with van der Waals surface area (Å²) < 4.78 is 10.9. The van der Waals surface area contributed by atoms with Gasteiger partial charge in [-0.3, -0.25) is 0 Å². The van der Waals surface area contributed by atoms with E-state index in [9.17, 15) is 4.79 Å². The largest absolute Gasteiger partial charge is 0.457 e. The summed E-state index contributed by atoms with van der Waals surface area (Å²) in [5.74, 6) is 1.31. The summed E-state index contributed by atoms with van der Waals surface area (Å²) in [7, 11) is 0. The Balaban J connectivity index is 2.66. The van der Waals surface area contributed by atoms with Crippen molar-refractivity contribution in [3.63, 3.8) is 0 Å². The fourth-order valence-corrected chi connectivity index (χ4v) is 3.60. The molecule has 0 spiro atoms. The van der Waals surface area contributed by atoms with Gasteiger partial charge in [-0.05, 0) is 43.9 Å². The molecule has 0 aromatic heterocycles. The Hall–Kier alpha value is -0.610. The maximum atomic E-state index is 12.0. The number of aliphatic hydroxyl groups excluding tert-OH is 1. The van der Waals surface area contributed by atoms with Crippen LogP contribution in [0.4, 0.5) is 0 Å². The zero-order valence-corrected chi connectivity index (χ0v) is 14.1. The van der Waals surface area contributed by atoms with Crippen molar-refractivity contribution in [1.29, 1.82) is 0 Å². The van der Waals surface area contributed by atoms with E-state index < -0.39 is 5.60 Å². The monoisotopic (exact) mass is 300 g/mol. The third-order valence-electron chi connectivity index (χ3n) is 4.42. The highest BCUT2D eigenvalue weighted by Gasteiger charge is 2.40. The van der Waals surface area contributed by atoms with Crippen LogP contribution in [0, 0.1) is 17.8 Å². The molecule has 0 bridgehead atoms. The Morgan fingerprint density at radius 1 is 1.38 bits per heavy atom. The molecule has 4 heteroatoms. The van der Waals surface area contributed by atoms with Crippen LogP contribution in [0.3, 0.4) is 0 Å². The molecule has 1 N–H and O–H groups in total. The molecule has 0 radical (unpaired) electrons. The highest BCUT2D eigenvalue weighted by Crippen LogP contribution is 2.41. The summed E-state index contributed by atoms with van der Waals surface area (Å²) in [4.78, 5) is 12.0. The van der Waals surface area contributed by atoms with Gasteiger partial charge in [-0.2, -0.15) is 0 Å². The lowest BCUT2D eigenvalue weighted by molar-refractivity contribution is -0.174. The summed E-state index contributed by atoms with van der Waals surface area (Å²) in [6.45, 7) is 8.73. The second-order valence-corrected chi connectivity index (χ2v) is 7.13. The van der Waals surface area contributed by atoms with Crippen molar-refractivity contribution in [3.8, 4) is 0 Å². The second kappa shape index (κ2) is 8.74. The van der Waals surface area contributed by atoms with Crippen LogP contribution in [0.15, 0.2) is 0 Å². The van der Waals surface area contributed by atoms with Gasteiger partial charge in [0.15, 0.2) is 0 Å². The van der Waals surface area contributed by atoms with Crippen LogP contribution in [0.5, 0.6) is 0 Å². The smallest absolute Gasteiger partial charge is 0.332 e. The summed E-state index contributed by atoms with van der Waals surface area (Å²) in [5.41, 5.74) is -0.400. The molecular weight excluding hydrogens is 268 g/mol. The third-order valence-corrected chi connectivity index (χ3v) is 4.42. The van der Waals surface area contributed by atoms with E-state index in [0.717, 1.165) is 19.3 Å². The normalized spacial score (nSPS) is 25.6. The van der Waals surface area contributed by atoms with Gasteiger partial charge in [0.05, 0.1) is 13.2 Å². The minimum Gasteiger partial charge on any atom is -0.457 e. The molecule has 1 aliphatic rings. The molecule has 0 aromatic carbocycles. The first-order chi connectivity index (χ1) is 9.87. The van der Waals surface area contributed by atoms with Gasteiger partial charge in [0.1, 0.15) is 12.2 Å². The third kappa shape index (κ3) is 6.35. The summed E-state index contributed by atoms with van der Waals surface area (Å²) in [6.07, 6.45) is 5.66. The summed E-state index contributed by atoms with van der Waals surface area (Å²) >= 11 is 0. The topological polar surface area (TPSA) is 55.8 Å². The lowest BCUT2D eigenvalue weighted by Crippen LogP contribution is -2.43. The molecular formula is C17H32O4. The number of aliphatic hydroxyl groups is 1. The Morgan fingerprint density at radius 2 is 2.10 bits per heavy atom. The van der Waals surface area contributed by atoms with Crippen LogP contribution in [-0.4, -0.2) is 36.5 Å². The van der Waals surface area contributed by atoms with E-state index in [4.69, 9.17) is 14.6 Å². The molecule has 0 aromatic rings. The Bertz CT molecular complexity index is 316. The molecule has 0 heterocycles. The van der Waals surface area contributed by atoms with Crippen molar-refractivity contribution in [2.45, 2.75) is 65.4 Å². The van der Waals surface area contributed by atoms with E-state index in [-0.39, 0.29) is 25.8 Å². The van der Waals surface area contributed by atoms with E-state index in [0.29, 0.717) is 17.8 Å². The highest BCUT2D eigenvalue weighted by atomic mass is 16.6. The number of hydrogen-bond donors (Lipinski definition) is 1. The first kappa shape index (κ1) is 18.4. The Labute approximate surface area is 129 Å². The van der Waals surface area contributed by atoms with Crippen molar-refractivity contribution < 1.29 is 19.4 Å². The fraction of sp³-hybridized carbons (Fsp3) is 0.941. The highest BCUT2D eigenvalue weighted by molar-refractivity contribution is 5.71. The Kier molecular flexibility index (Phi) is 7.67. The number of carbonyl (C=O) groups excluding carboxylic acids is 1. The standard InChI is InChI=1S/C17H32O4/c1-13(2)11-17(4,15-7-5-6-14(3)10-15)21-16(19)12-20-9-8-18/h13-15,18H,5-12H2,1-4H3. The lowest BCUT2D eigenvalue weighted by Gasteiger charge is -2.42. The number of carbonyl (C=O) groups is 1. The maximum Gasteiger partial charge on any atom is 0.332 e. The fourth-order valence-electron chi connectivity index (χ4n) is 3.60. The first-order valence-electron chi connectivity index (χ1n) is 8.28. The van der Waals surface area contributed by atoms with E-state index in [2.05, 4.69) is 27.7 Å². The van der Waals surface area contributed by atoms with Crippen LogP contribution in [0.2, 0.25) is 0 Å². The number of hydrogen-bond acceptors (Lipinski definition) is 4. The van der Waals surface area contributed by atoms with Gasteiger partial charge in [0.25, 0.3) is 0 Å². The van der Waals surface area contributed by atoms with Crippen LogP contribution in [-0.2, 0) is 14.3 Å². The molecule has 1 saturated carbocycles. The first-order valence-corrected chi connectivity index (χ1v) is 8.28. The molecule has 1 rings (SSSR count). The van der Waals surface area contributed by atoms with E-state index in [1.54, 1.807) is 0 Å². The average Bonchev–Trinajstić information content (AvgIpc) is 2.38. The zero-order chi connectivity index (χ0) is 15.9. The van der Waals surface area contributed by atoms with Crippen LogP contribution in [0.25, 0.3) is 0 Å². The Morgan fingerprint density at radius 3 is 2.67 bits per heavy atom. The predicted molar refractivity (Wildman–Crippen MR) is 83.0 cm³/mol. The molecule has 0 saturated heterocycles. The molecule has 1 aliphatic carbocycles. The molecule has 0 aliphatic heterocycles. The van der Waals surface area contributed by atoms with Crippen molar-refractivity contribution in [2.24, 2.45) is 17.8 Å².